The van der Waals surface area contributed by atoms with Crippen LogP contribution >= 0.6 is 41.9 Å². The van der Waals surface area contributed by atoms with Gasteiger partial charge < -0.3 is 9.88 Å². The number of amides is 1. The number of halogens is 4. The van der Waals surface area contributed by atoms with E-state index in [9.17, 15) is 13.8 Å². The maximum Gasteiger partial charge on any atom is 0.252 e. The van der Waals surface area contributed by atoms with Crippen LogP contribution in [-0.4, -0.2) is 15.5 Å². The molecule has 0 spiro atoms. The molecule has 0 aliphatic rings. The Morgan fingerprint density at radius 3 is 1.69 bits per heavy atom. The van der Waals surface area contributed by atoms with Gasteiger partial charge in [0, 0.05) is 16.2 Å². The fraction of sp³-hybridized carbons (Fsp3) is 0.0952. The quantitative estimate of drug-likeness (QED) is 0.408. The Labute approximate surface area is 183 Å². The van der Waals surface area contributed by atoms with Gasteiger partial charge in [0.25, 0.3) is 5.91 Å². The first-order chi connectivity index (χ1) is 13.7. The minimum absolute atomic E-state index is 0.151. The highest BCUT2D eigenvalue weighted by Gasteiger charge is 2.49. The highest BCUT2D eigenvalue weighted by molar-refractivity contribution is 7.79. The fourth-order valence-corrected chi connectivity index (χ4v) is 7.17. The molecule has 0 radical (unpaired) electrons. The predicted octanol–water partition coefficient (Wildman–Crippen LogP) is 5.27. The molecule has 0 saturated carbocycles. The third-order valence-corrected chi connectivity index (χ3v) is 8.81. The lowest BCUT2D eigenvalue weighted by Crippen LogP contribution is -2.47. The zero-order valence-electron chi connectivity index (χ0n) is 14.9. The smallest absolute Gasteiger partial charge is 0.252 e. The topological polar surface area (TPSA) is 46.2 Å². The average molecular weight is 471 g/mol. The Hall–Kier alpha value is -1.84. The van der Waals surface area contributed by atoms with Crippen molar-refractivity contribution in [2.45, 2.75) is 9.58 Å². The summed E-state index contributed by atoms with van der Waals surface area (Å²) in [5, 5.41) is 3.47. The Morgan fingerprint density at radius 2 is 1.28 bits per heavy atom. The van der Waals surface area contributed by atoms with E-state index in [-0.39, 0.29) is 5.56 Å². The summed E-state index contributed by atoms with van der Waals surface area (Å²) in [7, 11) is -3.64. The Bertz CT molecular complexity index is 982. The van der Waals surface area contributed by atoms with Crippen LogP contribution in [0, 0.1) is 5.82 Å². The average Bonchev–Trinajstić information content (AvgIpc) is 2.72. The molecule has 0 saturated heterocycles. The van der Waals surface area contributed by atoms with Crippen LogP contribution in [0.25, 0.3) is 0 Å². The maximum atomic E-state index is 14.5. The second kappa shape index (κ2) is 8.89. The van der Waals surface area contributed by atoms with Crippen molar-refractivity contribution in [1.82, 2.24) is 5.32 Å². The molecule has 0 bridgehead atoms. The van der Waals surface area contributed by atoms with Gasteiger partial charge in [0.1, 0.15) is 11.6 Å². The molecule has 150 valence electrons. The third kappa shape index (κ3) is 4.84. The number of nitrogens with one attached hydrogen (secondary N) is 1. The van der Waals surface area contributed by atoms with Gasteiger partial charge in [0.15, 0.2) is 7.14 Å². The molecule has 1 atom stereocenters. The van der Waals surface area contributed by atoms with Gasteiger partial charge in [0.2, 0.25) is 3.79 Å². The Morgan fingerprint density at radius 1 is 0.828 bits per heavy atom. The van der Waals surface area contributed by atoms with Crippen LogP contribution < -0.4 is 15.9 Å². The van der Waals surface area contributed by atoms with Crippen LogP contribution in [0.15, 0.2) is 84.9 Å². The van der Waals surface area contributed by atoms with Crippen molar-refractivity contribution in [2.75, 3.05) is 0 Å². The van der Waals surface area contributed by atoms with Crippen LogP contribution in [0.4, 0.5) is 4.39 Å². The first kappa shape index (κ1) is 21.9. The van der Waals surface area contributed by atoms with E-state index in [0.29, 0.717) is 10.6 Å². The molecule has 3 nitrogen and oxygen atoms in total. The molecule has 29 heavy (non-hydrogen) atoms. The molecule has 0 heterocycles. The molecule has 3 aromatic carbocycles. The van der Waals surface area contributed by atoms with Gasteiger partial charge in [-0.05, 0) is 24.3 Å². The number of hydrogen-bond donors (Lipinski definition) is 1. The molecule has 3 aromatic rings. The largest absolute Gasteiger partial charge is 0.338 e. The standard InChI is InChI=1S/C21H16Cl3FNO2P/c22-21(23,24)20(26-19(27)15-11-13-16(25)14-12-15)29(28,17-7-3-1-4-8-17)18-9-5-2-6-10-18/h1-14,20H,(H,26,27). The van der Waals surface area contributed by atoms with Crippen LogP contribution in [0.5, 0.6) is 0 Å². The SMILES string of the molecule is O=C(NC(C(Cl)(Cl)Cl)P(=O)(c1ccccc1)c1ccccc1)c1ccc(F)cc1. The lowest BCUT2D eigenvalue weighted by Gasteiger charge is -2.34. The summed E-state index contributed by atoms with van der Waals surface area (Å²) in [6, 6.07) is 22.0. The summed E-state index contributed by atoms with van der Waals surface area (Å²) in [4.78, 5) is 12.8. The molecular weight excluding hydrogens is 455 g/mol. The molecule has 1 unspecified atom stereocenters. The fourth-order valence-electron chi connectivity index (χ4n) is 2.93. The van der Waals surface area contributed by atoms with E-state index in [0.717, 1.165) is 12.1 Å². The van der Waals surface area contributed by atoms with Crippen molar-refractivity contribution in [3.63, 3.8) is 0 Å². The molecule has 0 aliphatic carbocycles. The van der Waals surface area contributed by atoms with Crippen molar-refractivity contribution < 1.29 is 13.8 Å². The van der Waals surface area contributed by atoms with E-state index >= 15 is 0 Å². The number of benzene rings is 3. The van der Waals surface area contributed by atoms with E-state index in [2.05, 4.69) is 5.32 Å². The minimum Gasteiger partial charge on any atom is -0.338 e. The minimum atomic E-state index is -3.64. The van der Waals surface area contributed by atoms with Gasteiger partial charge in [-0.2, -0.15) is 0 Å². The second-order valence-electron chi connectivity index (χ2n) is 6.25. The lowest BCUT2D eigenvalue weighted by atomic mass is 10.2. The van der Waals surface area contributed by atoms with Gasteiger partial charge in [-0.3, -0.25) is 4.79 Å². The summed E-state index contributed by atoms with van der Waals surface area (Å²) in [5.74, 6) is -2.48. The van der Waals surface area contributed by atoms with Crippen molar-refractivity contribution in [3.05, 3.63) is 96.3 Å². The summed E-state index contributed by atoms with van der Waals surface area (Å²) in [6.45, 7) is 0. The van der Waals surface area contributed by atoms with E-state index in [1.54, 1.807) is 60.7 Å². The molecule has 0 fully saturated rings. The summed E-state index contributed by atoms with van der Waals surface area (Å²) >= 11 is 18.7. The van der Waals surface area contributed by atoms with Crippen LogP contribution in [-0.2, 0) is 4.57 Å². The van der Waals surface area contributed by atoms with E-state index in [4.69, 9.17) is 34.8 Å². The van der Waals surface area contributed by atoms with Gasteiger partial charge in [-0.1, -0.05) is 95.5 Å². The van der Waals surface area contributed by atoms with E-state index in [1.807, 2.05) is 0 Å². The Kier molecular flexibility index (Phi) is 6.70. The lowest BCUT2D eigenvalue weighted by molar-refractivity contribution is 0.0948. The van der Waals surface area contributed by atoms with Crippen LogP contribution in [0.2, 0.25) is 0 Å². The highest BCUT2D eigenvalue weighted by Crippen LogP contribution is 2.55. The third-order valence-electron chi connectivity index (χ3n) is 4.33. The number of rotatable bonds is 5. The first-order valence-electron chi connectivity index (χ1n) is 8.57. The van der Waals surface area contributed by atoms with Crippen molar-refractivity contribution in [2.24, 2.45) is 0 Å². The van der Waals surface area contributed by atoms with E-state index in [1.165, 1.54) is 12.1 Å². The number of carbonyl (C=O) groups excluding carboxylic acids is 1. The molecule has 0 aromatic heterocycles. The first-order valence-corrected chi connectivity index (χ1v) is 11.5. The van der Waals surface area contributed by atoms with E-state index < -0.39 is 28.4 Å². The van der Waals surface area contributed by atoms with Crippen LogP contribution in [0.1, 0.15) is 10.4 Å². The number of hydrogen-bond acceptors (Lipinski definition) is 2. The summed E-state index contributed by atoms with van der Waals surface area (Å²) < 4.78 is 25.6. The normalized spacial score (nSPS) is 13.0. The highest BCUT2D eigenvalue weighted by atomic mass is 35.6. The monoisotopic (exact) mass is 469 g/mol. The molecule has 3 rings (SSSR count). The molecule has 8 heteroatoms. The molecule has 1 N–H and O–H groups in total. The zero-order valence-corrected chi connectivity index (χ0v) is 18.1. The van der Waals surface area contributed by atoms with Gasteiger partial charge in [-0.15, -0.1) is 0 Å². The Balaban J connectivity index is 2.12. The molecular formula is C21H16Cl3FNO2P. The van der Waals surface area contributed by atoms with Crippen LogP contribution in [0.3, 0.4) is 0 Å². The second-order valence-corrected chi connectivity index (χ2v) is 11.5. The zero-order chi connectivity index (χ0) is 21.1. The van der Waals surface area contributed by atoms with Crippen molar-refractivity contribution in [1.29, 1.82) is 0 Å². The number of alkyl halides is 3. The molecule has 0 aliphatic heterocycles. The summed E-state index contributed by atoms with van der Waals surface area (Å²) in [5.41, 5.74) is 0.151. The van der Waals surface area contributed by atoms with Crippen molar-refractivity contribution >= 4 is 58.5 Å². The van der Waals surface area contributed by atoms with Crippen molar-refractivity contribution in [3.8, 4) is 0 Å². The number of carbonyl (C=O) groups is 1. The molecule has 1 amide bonds. The summed E-state index contributed by atoms with van der Waals surface area (Å²) in [6.07, 6.45) is 0. The predicted molar refractivity (Wildman–Crippen MR) is 118 cm³/mol. The van der Waals surface area contributed by atoms with Gasteiger partial charge in [-0.25, -0.2) is 4.39 Å². The maximum absolute atomic E-state index is 14.5. The van der Waals surface area contributed by atoms with Gasteiger partial charge in [0.05, 0.1) is 0 Å². The van der Waals surface area contributed by atoms with Gasteiger partial charge >= 0.3 is 0 Å².